The number of carbonyl (C=O) groups is 2. The van der Waals surface area contributed by atoms with E-state index in [4.69, 9.17) is 13.9 Å². The van der Waals surface area contributed by atoms with Crippen LogP contribution in [0.3, 0.4) is 0 Å². The number of hydrogen-bond acceptors (Lipinski definition) is 6. The van der Waals surface area contributed by atoms with Crippen LogP contribution >= 0.6 is 15.9 Å². The van der Waals surface area contributed by atoms with Gasteiger partial charge in [0.25, 0.3) is 11.8 Å². The molecule has 8 nitrogen and oxygen atoms in total. The summed E-state index contributed by atoms with van der Waals surface area (Å²) >= 11 is 3.15. The normalized spacial score (nSPS) is 12.4. The Morgan fingerprint density at radius 1 is 1.21 bits per heavy atom. The van der Waals surface area contributed by atoms with Crippen LogP contribution in [0.15, 0.2) is 44.5 Å². The van der Waals surface area contributed by atoms with Gasteiger partial charge in [-0.1, -0.05) is 0 Å². The van der Waals surface area contributed by atoms with E-state index >= 15 is 0 Å². The van der Waals surface area contributed by atoms with E-state index in [0.717, 1.165) is 0 Å². The first-order chi connectivity index (χ1) is 11.6. The molecule has 2 N–H and O–H groups in total. The van der Waals surface area contributed by atoms with Crippen LogP contribution in [0.4, 0.5) is 0 Å². The van der Waals surface area contributed by atoms with Gasteiger partial charge in [0.05, 0.1) is 12.8 Å². The smallest absolute Gasteiger partial charge is 0.259 e. The first kappa shape index (κ1) is 16.1. The second-order valence-electron chi connectivity index (χ2n) is 4.69. The van der Waals surface area contributed by atoms with Crippen molar-refractivity contribution < 1.29 is 23.5 Å². The molecule has 0 fully saturated rings. The van der Waals surface area contributed by atoms with Gasteiger partial charge in [-0.15, -0.1) is 0 Å². The van der Waals surface area contributed by atoms with Gasteiger partial charge >= 0.3 is 0 Å². The molecule has 1 aliphatic heterocycles. The van der Waals surface area contributed by atoms with Gasteiger partial charge in [0.2, 0.25) is 6.79 Å². The summed E-state index contributed by atoms with van der Waals surface area (Å²) in [6.07, 6.45) is 1.35. The molecular formula is C15H12BrN3O5. The molecule has 0 saturated heterocycles. The van der Waals surface area contributed by atoms with Crippen molar-refractivity contribution in [2.75, 3.05) is 13.3 Å². The summed E-state index contributed by atoms with van der Waals surface area (Å²) < 4.78 is 16.1. The standard InChI is InChI=1S/C15H12BrN3O5/c16-13-4-2-10(24-13)6-18-19-14(20)7-17-15(21)9-1-3-11-12(5-9)23-8-22-11/h1-6H,7-8H2,(H,17,21)(H,19,20)/b18-6+. The van der Waals surface area contributed by atoms with Gasteiger partial charge < -0.3 is 19.2 Å². The fraction of sp³-hybridized carbons (Fsp3) is 0.133. The number of halogens is 1. The third-order valence-corrected chi connectivity index (χ3v) is 3.45. The summed E-state index contributed by atoms with van der Waals surface area (Å²) in [6, 6.07) is 8.18. The van der Waals surface area contributed by atoms with E-state index in [1.165, 1.54) is 6.21 Å². The van der Waals surface area contributed by atoms with Crippen molar-refractivity contribution in [1.29, 1.82) is 0 Å². The largest absolute Gasteiger partial charge is 0.454 e. The van der Waals surface area contributed by atoms with Crippen LogP contribution in [0.5, 0.6) is 11.5 Å². The number of fused-ring (bicyclic) bond motifs is 1. The van der Waals surface area contributed by atoms with Crippen LogP contribution in [-0.2, 0) is 4.79 Å². The molecular weight excluding hydrogens is 382 g/mol. The Kier molecular flexibility index (Phi) is 4.80. The van der Waals surface area contributed by atoms with E-state index in [2.05, 4.69) is 31.8 Å². The van der Waals surface area contributed by atoms with Crippen LogP contribution in [0, 0.1) is 0 Å². The number of furan rings is 1. The van der Waals surface area contributed by atoms with E-state index in [-0.39, 0.29) is 13.3 Å². The highest BCUT2D eigenvalue weighted by atomic mass is 79.9. The predicted molar refractivity (Wildman–Crippen MR) is 87.0 cm³/mol. The van der Waals surface area contributed by atoms with E-state index < -0.39 is 11.8 Å². The molecule has 0 radical (unpaired) electrons. The molecule has 1 aromatic heterocycles. The Morgan fingerprint density at radius 3 is 2.83 bits per heavy atom. The Labute approximate surface area is 144 Å². The summed E-state index contributed by atoms with van der Waals surface area (Å²) in [5, 5.41) is 6.22. The maximum absolute atomic E-state index is 12.0. The van der Waals surface area contributed by atoms with Crippen molar-refractivity contribution in [3.63, 3.8) is 0 Å². The number of hydrazone groups is 1. The molecule has 2 aromatic rings. The molecule has 0 unspecified atom stereocenters. The Bertz CT molecular complexity index is 802. The maximum Gasteiger partial charge on any atom is 0.259 e. The van der Waals surface area contributed by atoms with Gasteiger partial charge in [-0.3, -0.25) is 9.59 Å². The van der Waals surface area contributed by atoms with Gasteiger partial charge in [0.15, 0.2) is 16.2 Å². The van der Waals surface area contributed by atoms with E-state index in [9.17, 15) is 9.59 Å². The summed E-state index contributed by atoms with van der Waals surface area (Å²) in [5.41, 5.74) is 2.66. The molecule has 2 amide bonds. The fourth-order valence-corrected chi connectivity index (χ4v) is 2.22. The van der Waals surface area contributed by atoms with Crippen molar-refractivity contribution in [3.05, 3.63) is 46.3 Å². The second kappa shape index (κ2) is 7.18. The summed E-state index contributed by atoms with van der Waals surface area (Å²) in [4.78, 5) is 23.6. The molecule has 0 atom stereocenters. The molecule has 1 aliphatic rings. The molecule has 3 rings (SSSR count). The molecule has 24 heavy (non-hydrogen) atoms. The van der Waals surface area contributed by atoms with Gasteiger partial charge in [0, 0.05) is 5.56 Å². The quantitative estimate of drug-likeness (QED) is 0.593. The highest BCUT2D eigenvalue weighted by Gasteiger charge is 2.16. The third-order valence-electron chi connectivity index (χ3n) is 3.02. The molecule has 0 bridgehead atoms. The SMILES string of the molecule is O=C(CNC(=O)c1ccc2c(c1)OCO2)N/N=C/c1ccc(Br)o1. The lowest BCUT2D eigenvalue weighted by atomic mass is 10.2. The highest BCUT2D eigenvalue weighted by Crippen LogP contribution is 2.32. The minimum atomic E-state index is -0.467. The molecule has 1 aromatic carbocycles. The van der Waals surface area contributed by atoms with Crippen LogP contribution in [0.25, 0.3) is 0 Å². The van der Waals surface area contributed by atoms with Crippen molar-refractivity contribution >= 4 is 34.0 Å². The molecule has 2 heterocycles. The van der Waals surface area contributed by atoms with E-state index in [0.29, 0.717) is 27.5 Å². The average Bonchev–Trinajstić information content (AvgIpc) is 3.20. The monoisotopic (exact) mass is 393 g/mol. The zero-order valence-corrected chi connectivity index (χ0v) is 13.8. The molecule has 0 spiro atoms. The Hall–Kier alpha value is -2.81. The van der Waals surface area contributed by atoms with Gasteiger partial charge in [-0.2, -0.15) is 5.10 Å². The first-order valence-corrected chi connectivity index (χ1v) is 7.66. The number of amides is 2. The van der Waals surface area contributed by atoms with Crippen molar-refractivity contribution in [2.24, 2.45) is 5.10 Å². The van der Waals surface area contributed by atoms with E-state index in [1.807, 2.05) is 0 Å². The lowest BCUT2D eigenvalue weighted by Crippen LogP contribution is -2.34. The third kappa shape index (κ3) is 3.93. The van der Waals surface area contributed by atoms with E-state index in [1.54, 1.807) is 30.3 Å². The lowest BCUT2D eigenvalue weighted by molar-refractivity contribution is -0.120. The molecule has 9 heteroatoms. The number of carbonyl (C=O) groups excluding carboxylic acids is 2. The van der Waals surface area contributed by atoms with Crippen LogP contribution in [0.1, 0.15) is 16.1 Å². The van der Waals surface area contributed by atoms with Crippen LogP contribution < -0.4 is 20.2 Å². The average molecular weight is 394 g/mol. The zero-order valence-electron chi connectivity index (χ0n) is 12.2. The Morgan fingerprint density at radius 2 is 2.04 bits per heavy atom. The number of nitrogens with one attached hydrogen (secondary N) is 2. The van der Waals surface area contributed by atoms with Gasteiger partial charge in [-0.05, 0) is 46.3 Å². The number of nitrogens with zero attached hydrogens (tertiary/aromatic N) is 1. The fourth-order valence-electron chi connectivity index (χ4n) is 1.91. The maximum atomic E-state index is 12.0. The number of rotatable bonds is 5. The van der Waals surface area contributed by atoms with Crippen molar-refractivity contribution in [3.8, 4) is 11.5 Å². The van der Waals surface area contributed by atoms with Crippen molar-refractivity contribution in [1.82, 2.24) is 10.7 Å². The Balaban J connectivity index is 1.47. The summed E-state index contributed by atoms with van der Waals surface area (Å²) in [7, 11) is 0. The van der Waals surface area contributed by atoms with Gasteiger partial charge in [-0.25, -0.2) is 5.43 Å². The second-order valence-corrected chi connectivity index (χ2v) is 5.47. The summed E-state index contributed by atoms with van der Waals surface area (Å²) in [6.45, 7) is -0.0838. The highest BCUT2D eigenvalue weighted by molar-refractivity contribution is 9.10. The predicted octanol–water partition coefficient (Wildman–Crippen LogP) is 1.65. The number of ether oxygens (including phenoxy) is 2. The number of hydrogen-bond donors (Lipinski definition) is 2. The van der Waals surface area contributed by atoms with Crippen LogP contribution in [-0.4, -0.2) is 31.4 Å². The molecule has 124 valence electrons. The molecule has 0 aliphatic carbocycles. The zero-order chi connectivity index (χ0) is 16.9. The minimum Gasteiger partial charge on any atom is -0.454 e. The van der Waals surface area contributed by atoms with Gasteiger partial charge in [0.1, 0.15) is 5.76 Å². The number of benzene rings is 1. The summed E-state index contributed by atoms with van der Waals surface area (Å²) in [5.74, 6) is 0.699. The van der Waals surface area contributed by atoms with Crippen molar-refractivity contribution in [2.45, 2.75) is 0 Å². The topological polar surface area (TPSA) is 102 Å². The molecule has 0 saturated carbocycles. The minimum absolute atomic E-state index is 0.132. The first-order valence-electron chi connectivity index (χ1n) is 6.87. The lowest BCUT2D eigenvalue weighted by Gasteiger charge is -2.05. The van der Waals surface area contributed by atoms with Crippen LogP contribution in [0.2, 0.25) is 0 Å².